The summed E-state index contributed by atoms with van der Waals surface area (Å²) in [4.78, 5) is 27.5. The smallest absolute Gasteiger partial charge is 0.416 e. The van der Waals surface area contributed by atoms with E-state index in [0.29, 0.717) is 17.4 Å². The van der Waals surface area contributed by atoms with Gasteiger partial charge < -0.3 is 9.67 Å². The summed E-state index contributed by atoms with van der Waals surface area (Å²) >= 11 is 6.43. The van der Waals surface area contributed by atoms with Crippen molar-refractivity contribution in [1.82, 2.24) is 4.57 Å². The van der Waals surface area contributed by atoms with Crippen LogP contribution in [0.1, 0.15) is 28.9 Å². The second kappa shape index (κ2) is 7.60. The molecule has 29 heavy (non-hydrogen) atoms. The van der Waals surface area contributed by atoms with E-state index in [1.54, 1.807) is 0 Å². The summed E-state index contributed by atoms with van der Waals surface area (Å²) in [7, 11) is 0. The lowest BCUT2D eigenvalue weighted by molar-refractivity contribution is -0.140. The first-order valence-corrected chi connectivity index (χ1v) is 9.18. The van der Waals surface area contributed by atoms with Gasteiger partial charge in [-0.2, -0.15) is 18.2 Å². The van der Waals surface area contributed by atoms with Gasteiger partial charge in [-0.1, -0.05) is 29.0 Å². The van der Waals surface area contributed by atoms with Gasteiger partial charge in [0, 0.05) is 5.56 Å². The molecule has 1 N–H and O–H groups in total. The molecule has 0 aliphatic rings. The highest BCUT2D eigenvalue weighted by molar-refractivity contribution is 7.16. The van der Waals surface area contributed by atoms with Crippen molar-refractivity contribution in [2.75, 3.05) is 0 Å². The molecule has 0 aliphatic heterocycles. The third kappa shape index (κ3) is 4.03. The number of fused-ring (bicyclic) bond motifs is 1. The molecule has 1 heterocycles. The van der Waals surface area contributed by atoms with Gasteiger partial charge in [-0.05, 0) is 37.3 Å². The highest BCUT2D eigenvalue weighted by Gasteiger charge is 2.31. The Hall–Kier alpha value is -2.72. The average Bonchev–Trinajstić information content (AvgIpc) is 3.02. The number of aromatic nitrogens is 1. The molecule has 1 atom stereocenters. The van der Waals surface area contributed by atoms with Crippen LogP contribution in [-0.2, 0) is 11.0 Å². The number of rotatable bonds is 3. The number of halogens is 5. The van der Waals surface area contributed by atoms with Crippen molar-refractivity contribution in [2.45, 2.75) is 19.1 Å². The zero-order valence-corrected chi connectivity index (χ0v) is 16.1. The minimum atomic E-state index is -4.65. The Morgan fingerprint density at radius 3 is 2.55 bits per heavy atom. The molecule has 0 aliphatic carbocycles. The van der Waals surface area contributed by atoms with Crippen LogP contribution in [0.15, 0.2) is 41.4 Å². The summed E-state index contributed by atoms with van der Waals surface area (Å²) in [6, 6.07) is 5.04. The van der Waals surface area contributed by atoms with Gasteiger partial charge in [0.25, 0.3) is 5.91 Å². The Morgan fingerprint density at radius 2 is 1.93 bits per heavy atom. The summed E-state index contributed by atoms with van der Waals surface area (Å²) < 4.78 is 54.1. The van der Waals surface area contributed by atoms with Crippen LogP contribution < -0.4 is 4.80 Å². The predicted octanol–water partition coefficient (Wildman–Crippen LogP) is 4.90. The summed E-state index contributed by atoms with van der Waals surface area (Å²) in [5.41, 5.74) is -1.23. The van der Waals surface area contributed by atoms with E-state index in [4.69, 9.17) is 11.6 Å². The highest BCUT2D eigenvalue weighted by atomic mass is 35.5. The number of amides is 1. The normalized spacial score (nSPS) is 13.7. The number of carbonyl (C=O) groups excluding carboxylic acids is 1. The Balaban J connectivity index is 2.22. The van der Waals surface area contributed by atoms with Gasteiger partial charge in [-0.15, -0.1) is 0 Å². The van der Waals surface area contributed by atoms with Crippen molar-refractivity contribution < 1.29 is 32.3 Å². The summed E-state index contributed by atoms with van der Waals surface area (Å²) in [5, 5.41) is 9.15. The molecule has 1 unspecified atom stereocenters. The number of nitrogens with zero attached hydrogens (tertiary/aromatic N) is 2. The fourth-order valence-corrected chi connectivity index (χ4v) is 3.94. The first-order chi connectivity index (χ1) is 13.5. The molecule has 0 bridgehead atoms. The van der Waals surface area contributed by atoms with E-state index >= 15 is 0 Å². The van der Waals surface area contributed by atoms with E-state index in [-0.39, 0.29) is 25.6 Å². The van der Waals surface area contributed by atoms with Gasteiger partial charge >= 0.3 is 12.1 Å². The maximum absolute atomic E-state index is 14.4. The molecule has 0 fully saturated rings. The number of hydrogen-bond donors (Lipinski definition) is 1. The van der Waals surface area contributed by atoms with Gasteiger partial charge in [-0.25, -0.2) is 9.18 Å². The van der Waals surface area contributed by atoms with Gasteiger partial charge in [-0.3, -0.25) is 4.79 Å². The minimum Gasteiger partial charge on any atom is -0.480 e. The Morgan fingerprint density at radius 1 is 1.24 bits per heavy atom. The lowest BCUT2D eigenvalue weighted by Gasteiger charge is -2.10. The number of hydrogen-bond acceptors (Lipinski definition) is 3. The Bertz CT molecular complexity index is 1200. The van der Waals surface area contributed by atoms with Crippen LogP contribution in [0.4, 0.5) is 17.6 Å². The number of carbonyl (C=O) groups is 2. The van der Waals surface area contributed by atoms with Crippen LogP contribution in [0.5, 0.6) is 0 Å². The monoisotopic (exact) mass is 446 g/mol. The molecule has 152 valence electrons. The first-order valence-electron chi connectivity index (χ1n) is 7.99. The number of alkyl halides is 3. The van der Waals surface area contributed by atoms with Gasteiger partial charge in [0.15, 0.2) is 10.6 Å². The maximum Gasteiger partial charge on any atom is 0.416 e. The number of aliphatic carboxylic acids is 1. The van der Waals surface area contributed by atoms with Crippen LogP contribution in [0.25, 0.3) is 10.2 Å². The van der Waals surface area contributed by atoms with Gasteiger partial charge in [0.1, 0.15) is 6.04 Å². The van der Waals surface area contributed by atoms with Gasteiger partial charge in [0.05, 0.1) is 20.8 Å². The number of carboxylic acids is 1. The van der Waals surface area contributed by atoms with Crippen molar-refractivity contribution in [1.29, 1.82) is 0 Å². The Labute approximate surface area is 169 Å². The van der Waals surface area contributed by atoms with E-state index in [1.807, 2.05) is 0 Å². The molecule has 0 saturated heterocycles. The van der Waals surface area contributed by atoms with Crippen LogP contribution in [0.3, 0.4) is 0 Å². The number of carboxylic acid groups (broad SMARTS) is 1. The van der Waals surface area contributed by atoms with E-state index in [0.717, 1.165) is 22.8 Å². The second-order valence-corrected chi connectivity index (χ2v) is 7.36. The van der Waals surface area contributed by atoms with E-state index in [1.165, 1.54) is 19.1 Å². The molecule has 1 amide bonds. The largest absolute Gasteiger partial charge is 0.480 e. The van der Waals surface area contributed by atoms with Crippen molar-refractivity contribution >= 4 is 45.0 Å². The molecular formula is C18H11ClF4N2O3S. The lowest BCUT2D eigenvalue weighted by Crippen LogP contribution is -2.25. The summed E-state index contributed by atoms with van der Waals surface area (Å²) in [6.45, 7) is 1.30. The quantitative estimate of drug-likeness (QED) is 0.582. The summed E-state index contributed by atoms with van der Waals surface area (Å²) in [6.07, 6.45) is -4.65. The molecule has 3 aromatic rings. The molecule has 0 spiro atoms. The Kier molecular flexibility index (Phi) is 5.50. The van der Waals surface area contributed by atoms with Crippen molar-refractivity contribution in [3.05, 3.63) is 63.2 Å². The van der Waals surface area contributed by atoms with Crippen LogP contribution in [-0.4, -0.2) is 21.6 Å². The average molecular weight is 447 g/mol. The molecule has 0 radical (unpaired) electrons. The fourth-order valence-electron chi connectivity index (χ4n) is 2.59. The first kappa shape index (κ1) is 21.0. The van der Waals surface area contributed by atoms with E-state index in [9.17, 15) is 32.3 Å². The van der Waals surface area contributed by atoms with E-state index < -0.39 is 35.5 Å². The third-order valence-electron chi connectivity index (χ3n) is 4.07. The van der Waals surface area contributed by atoms with Crippen LogP contribution >= 0.6 is 22.9 Å². The zero-order chi connectivity index (χ0) is 21.5. The second-order valence-electron chi connectivity index (χ2n) is 5.97. The van der Waals surface area contributed by atoms with Crippen LogP contribution in [0.2, 0.25) is 5.02 Å². The fraction of sp³-hybridized carbons (Fsp3) is 0.167. The van der Waals surface area contributed by atoms with Crippen molar-refractivity contribution in [3.63, 3.8) is 0 Å². The van der Waals surface area contributed by atoms with E-state index in [2.05, 4.69) is 4.99 Å². The predicted molar refractivity (Wildman–Crippen MR) is 98.5 cm³/mol. The maximum atomic E-state index is 14.4. The van der Waals surface area contributed by atoms with Gasteiger partial charge in [0.2, 0.25) is 0 Å². The van der Waals surface area contributed by atoms with Crippen LogP contribution in [0, 0.1) is 5.82 Å². The topological polar surface area (TPSA) is 71.7 Å². The molecule has 1 aromatic heterocycles. The molecular weight excluding hydrogens is 436 g/mol. The molecule has 0 saturated carbocycles. The number of benzene rings is 2. The summed E-state index contributed by atoms with van der Waals surface area (Å²) in [5.74, 6) is -3.11. The van der Waals surface area contributed by atoms with Crippen molar-refractivity contribution in [3.8, 4) is 0 Å². The molecule has 11 heteroatoms. The SMILES string of the molecule is CC(C(=O)O)n1c(=NC(=O)c2cccc(C(F)(F)F)c2)sc2c(F)c(Cl)ccc21. The van der Waals surface area contributed by atoms with Crippen molar-refractivity contribution in [2.24, 2.45) is 4.99 Å². The molecule has 2 aromatic carbocycles. The molecule has 5 nitrogen and oxygen atoms in total. The minimum absolute atomic E-state index is 0.0267. The highest BCUT2D eigenvalue weighted by Crippen LogP contribution is 2.30. The standard InChI is InChI=1S/C18H11ClF4N2O3S/c1-8(16(27)28)25-12-6-5-11(19)13(20)14(12)29-17(25)24-15(26)9-3-2-4-10(7-9)18(21,22)23/h2-8H,1H3,(H,27,28). The third-order valence-corrected chi connectivity index (χ3v) is 5.42. The zero-order valence-electron chi connectivity index (χ0n) is 14.5. The molecule has 3 rings (SSSR count). The lowest BCUT2D eigenvalue weighted by atomic mass is 10.1. The number of thiazole rings is 1.